The van der Waals surface area contributed by atoms with Gasteiger partial charge in [-0.1, -0.05) is 50.1 Å². The van der Waals surface area contributed by atoms with Gasteiger partial charge in [-0.2, -0.15) is 0 Å². The maximum absolute atomic E-state index is 12.7. The van der Waals surface area contributed by atoms with Crippen LogP contribution in [0.2, 0.25) is 0 Å². The van der Waals surface area contributed by atoms with Gasteiger partial charge in [-0.15, -0.1) is 0 Å². The number of carbonyl (C=O) groups is 1. The van der Waals surface area contributed by atoms with Crippen LogP contribution in [0.1, 0.15) is 11.1 Å². The summed E-state index contributed by atoms with van der Waals surface area (Å²) in [5.41, 5.74) is 2.08. The highest BCUT2D eigenvalue weighted by molar-refractivity contribution is 9.10. The lowest BCUT2D eigenvalue weighted by atomic mass is 10.1. The molecule has 0 saturated carbocycles. The van der Waals surface area contributed by atoms with Crippen LogP contribution in [-0.4, -0.2) is 17.4 Å². The number of fused-ring (bicyclic) bond motifs is 1. The fourth-order valence-electron chi connectivity index (χ4n) is 2.77. The van der Waals surface area contributed by atoms with Gasteiger partial charge in [0.25, 0.3) is 5.69 Å². The van der Waals surface area contributed by atoms with Crippen LogP contribution in [0.5, 0.6) is 0 Å². The lowest BCUT2D eigenvalue weighted by Gasteiger charge is -2.18. The summed E-state index contributed by atoms with van der Waals surface area (Å²) < 4.78 is 1.51. The third-order valence-corrected chi connectivity index (χ3v) is 5.04. The molecule has 0 radical (unpaired) electrons. The number of benzene rings is 2. The van der Waals surface area contributed by atoms with Gasteiger partial charge in [-0.05, 0) is 29.7 Å². The SMILES string of the molecule is O=C(Cc1ccccc1Br)N1CCc2cc(Br)cc([N+](=O)[O-])c21. The Morgan fingerprint density at radius 3 is 2.70 bits per heavy atom. The molecular weight excluding hydrogens is 428 g/mol. The van der Waals surface area contributed by atoms with E-state index in [1.165, 1.54) is 11.0 Å². The fourth-order valence-corrected chi connectivity index (χ4v) is 3.69. The Morgan fingerprint density at radius 2 is 2.00 bits per heavy atom. The molecule has 0 aromatic heterocycles. The first-order valence-electron chi connectivity index (χ1n) is 6.98. The van der Waals surface area contributed by atoms with Crippen LogP contribution < -0.4 is 4.90 Å². The van der Waals surface area contributed by atoms with Crippen LogP contribution in [0.15, 0.2) is 45.3 Å². The van der Waals surface area contributed by atoms with Crippen LogP contribution in [0.3, 0.4) is 0 Å². The van der Waals surface area contributed by atoms with E-state index in [0.29, 0.717) is 23.1 Å². The number of nitro groups is 1. The minimum Gasteiger partial charge on any atom is -0.306 e. The number of amides is 1. The Kier molecular flexibility index (Phi) is 4.50. The van der Waals surface area contributed by atoms with E-state index < -0.39 is 4.92 Å². The van der Waals surface area contributed by atoms with Gasteiger partial charge in [0.15, 0.2) is 0 Å². The highest BCUT2D eigenvalue weighted by Gasteiger charge is 2.32. The molecule has 3 rings (SSSR count). The largest absolute Gasteiger partial charge is 0.306 e. The van der Waals surface area contributed by atoms with Crippen LogP contribution in [0.4, 0.5) is 11.4 Å². The van der Waals surface area contributed by atoms with E-state index in [0.717, 1.165) is 15.6 Å². The van der Waals surface area contributed by atoms with Gasteiger partial charge in [0.05, 0.1) is 11.3 Å². The normalized spacial score (nSPS) is 13.0. The Bertz CT molecular complexity index is 808. The molecule has 0 unspecified atom stereocenters. The third-order valence-electron chi connectivity index (χ3n) is 3.81. The molecule has 0 saturated heterocycles. The summed E-state index contributed by atoms with van der Waals surface area (Å²) in [6.45, 7) is 0.468. The first kappa shape index (κ1) is 16.1. The van der Waals surface area contributed by atoms with E-state index in [1.54, 1.807) is 0 Å². The molecule has 1 amide bonds. The monoisotopic (exact) mass is 438 g/mol. The molecule has 0 atom stereocenters. The number of carbonyl (C=O) groups excluding carboxylic acids is 1. The van der Waals surface area contributed by atoms with Gasteiger partial charge in [-0.25, -0.2) is 0 Å². The van der Waals surface area contributed by atoms with Crippen molar-refractivity contribution in [1.29, 1.82) is 0 Å². The highest BCUT2D eigenvalue weighted by Crippen LogP contribution is 2.39. The van der Waals surface area contributed by atoms with Crippen molar-refractivity contribution >= 4 is 49.1 Å². The Hall–Kier alpha value is -1.73. The van der Waals surface area contributed by atoms with Crippen molar-refractivity contribution in [3.8, 4) is 0 Å². The van der Waals surface area contributed by atoms with Gasteiger partial charge in [0.1, 0.15) is 5.69 Å². The maximum atomic E-state index is 12.7. The van der Waals surface area contributed by atoms with E-state index in [4.69, 9.17) is 0 Å². The smallest absolute Gasteiger partial charge is 0.294 e. The molecule has 1 aliphatic rings. The fraction of sp³-hybridized carbons (Fsp3) is 0.188. The van der Waals surface area contributed by atoms with Crippen molar-refractivity contribution in [3.63, 3.8) is 0 Å². The molecule has 0 aliphatic carbocycles. The molecule has 1 heterocycles. The maximum Gasteiger partial charge on any atom is 0.294 e. The minimum absolute atomic E-state index is 0.0349. The number of rotatable bonds is 3. The average molecular weight is 440 g/mol. The number of nitro benzene ring substituents is 1. The lowest BCUT2D eigenvalue weighted by molar-refractivity contribution is -0.384. The van der Waals surface area contributed by atoms with Crippen LogP contribution in [0, 0.1) is 10.1 Å². The second-order valence-electron chi connectivity index (χ2n) is 5.25. The Morgan fingerprint density at radius 1 is 1.26 bits per heavy atom. The summed E-state index contributed by atoms with van der Waals surface area (Å²) in [6, 6.07) is 10.8. The van der Waals surface area contributed by atoms with E-state index in [1.807, 2.05) is 30.3 Å². The molecular formula is C16H12Br2N2O3. The van der Waals surface area contributed by atoms with Crippen molar-refractivity contribution in [2.75, 3.05) is 11.4 Å². The van der Waals surface area contributed by atoms with Gasteiger partial charge < -0.3 is 4.90 Å². The molecule has 5 nitrogen and oxygen atoms in total. The topological polar surface area (TPSA) is 63.5 Å². The zero-order valence-electron chi connectivity index (χ0n) is 12.0. The molecule has 0 fully saturated rings. The average Bonchev–Trinajstić information content (AvgIpc) is 2.92. The van der Waals surface area contributed by atoms with Crippen LogP contribution >= 0.6 is 31.9 Å². The molecule has 118 valence electrons. The molecule has 0 spiro atoms. The van der Waals surface area contributed by atoms with Gasteiger partial charge >= 0.3 is 0 Å². The second-order valence-corrected chi connectivity index (χ2v) is 7.02. The van der Waals surface area contributed by atoms with E-state index >= 15 is 0 Å². The first-order valence-corrected chi connectivity index (χ1v) is 8.56. The molecule has 23 heavy (non-hydrogen) atoms. The summed E-state index contributed by atoms with van der Waals surface area (Å²) in [5, 5.41) is 11.3. The second kappa shape index (κ2) is 6.41. The predicted octanol–water partition coefficient (Wildman–Crippen LogP) is 4.25. The molecule has 0 N–H and O–H groups in total. The van der Waals surface area contributed by atoms with E-state index in [-0.39, 0.29) is 18.0 Å². The van der Waals surface area contributed by atoms with Crippen molar-refractivity contribution in [1.82, 2.24) is 0 Å². The summed E-state index contributed by atoms with van der Waals surface area (Å²) in [4.78, 5) is 25.1. The molecule has 1 aliphatic heterocycles. The lowest BCUT2D eigenvalue weighted by Crippen LogP contribution is -2.31. The van der Waals surface area contributed by atoms with E-state index in [9.17, 15) is 14.9 Å². The third kappa shape index (κ3) is 3.16. The van der Waals surface area contributed by atoms with Crippen molar-refractivity contribution < 1.29 is 9.72 Å². The molecule has 0 bridgehead atoms. The van der Waals surface area contributed by atoms with Gasteiger partial charge in [0, 0.05) is 21.6 Å². The Balaban J connectivity index is 1.95. The molecule has 2 aromatic carbocycles. The summed E-state index contributed by atoms with van der Waals surface area (Å²) in [6.07, 6.45) is 0.825. The van der Waals surface area contributed by atoms with Crippen LogP contribution in [0.25, 0.3) is 0 Å². The van der Waals surface area contributed by atoms with E-state index in [2.05, 4.69) is 31.9 Å². The zero-order chi connectivity index (χ0) is 16.6. The summed E-state index contributed by atoms with van der Waals surface area (Å²) in [7, 11) is 0. The van der Waals surface area contributed by atoms with Crippen molar-refractivity contribution in [2.24, 2.45) is 0 Å². The summed E-state index contributed by atoms with van der Waals surface area (Å²) >= 11 is 6.72. The summed E-state index contributed by atoms with van der Waals surface area (Å²) in [5.74, 6) is -0.138. The quantitative estimate of drug-likeness (QED) is 0.530. The predicted molar refractivity (Wildman–Crippen MR) is 94.7 cm³/mol. The zero-order valence-corrected chi connectivity index (χ0v) is 15.1. The molecule has 2 aromatic rings. The first-order chi connectivity index (χ1) is 11.0. The molecule has 7 heteroatoms. The van der Waals surface area contributed by atoms with Gasteiger partial charge in [-0.3, -0.25) is 14.9 Å². The number of hydrogen-bond acceptors (Lipinski definition) is 3. The number of anilines is 1. The number of nitrogens with zero attached hydrogens (tertiary/aromatic N) is 2. The van der Waals surface area contributed by atoms with Crippen molar-refractivity contribution in [2.45, 2.75) is 12.8 Å². The minimum atomic E-state index is -0.437. The number of hydrogen-bond donors (Lipinski definition) is 0. The van der Waals surface area contributed by atoms with Crippen LogP contribution in [-0.2, 0) is 17.6 Å². The standard InChI is InChI=1S/C16H12Br2N2O3/c17-12-7-11-5-6-19(16(11)14(9-12)20(22)23)15(21)8-10-3-1-2-4-13(10)18/h1-4,7,9H,5-6,8H2. The number of halogens is 2. The van der Waals surface area contributed by atoms with Gasteiger partial charge in [0.2, 0.25) is 5.91 Å². The highest BCUT2D eigenvalue weighted by atomic mass is 79.9. The Labute approximate surface area is 149 Å². The van der Waals surface area contributed by atoms with Crippen molar-refractivity contribution in [3.05, 3.63) is 66.6 Å².